The summed E-state index contributed by atoms with van der Waals surface area (Å²) in [5, 5.41) is 0. The summed E-state index contributed by atoms with van der Waals surface area (Å²) in [4.78, 5) is 4.60. The highest BCUT2D eigenvalue weighted by atomic mass is 16.6. The van der Waals surface area contributed by atoms with Gasteiger partial charge in [-0.05, 0) is 25.7 Å². The number of nitrogens with two attached hydrogens (primary N) is 1. The van der Waals surface area contributed by atoms with Crippen LogP contribution in [-0.2, 0) is 9.57 Å². The lowest BCUT2D eigenvalue weighted by molar-refractivity contribution is -0.0685. The Hall–Kier alpha value is -0.120. The van der Waals surface area contributed by atoms with Gasteiger partial charge in [-0.3, -0.25) is 0 Å². The average molecular weight is 171 g/mol. The minimum absolute atomic E-state index is 0.225. The van der Waals surface area contributed by atoms with E-state index in [1.54, 1.807) is 0 Å². The van der Waals surface area contributed by atoms with Gasteiger partial charge in [-0.15, -0.1) is 0 Å². The summed E-state index contributed by atoms with van der Waals surface area (Å²) in [5.74, 6) is 5.02. The normalized spacial score (nSPS) is 33.2. The van der Waals surface area contributed by atoms with Gasteiger partial charge >= 0.3 is 0 Å². The van der Waals surface area contributed by atoms with Crippen molar-refractivity contribution in [1.29, 1.82) is 0 Å². The van der Waals surface area contributed by atoms with Gasteiger partial charge in [0.1, 0.15) is 0 Å². The predicted octanol–water partition coefficient (Wildman–Crippen LogP) is 1.37. The molecule has 1 atom stereocenters. The molecule has 2 N–H and O–H groups in total. The molecule has 1 saturated carbocycles. The van der Waals surface area contributed by atoms with E-state index in [0.717, 1.165) is 6.42 Å². The van der Waals surface area contributed by atoms with Gasteiger partial charge in [0.05, 0.1) is 18.3 Å². The zero-order valence-corrected chi connectivity index (χ0v) is 7.42. The Balaban J connectivity index is 1.88. The summed E-state index contributed by atoms with van der Waals surface area (Å²) in [7, 11) is 0. The van der Waals surface area contributed by atoms with E-state index in [2.05, 4.69) is 4.84 Å². The molecule has 0 aromatic rings. The second kappa shape index (κ2) is 3.32. The Kier molecular flexibility index (Phi) is 2.35. The third kappa shape index (κ3) is 1.49. The first-order chi connectivity index (χ1) is 5.85. The Bertz CT molecular complexity index is 155. The summed E-state index contributed by atoms with van der Waals surface area (Å²) in [6, 6.07) is 0. The van der Waals surface area contributed by atoms with Crippen LogP contribution < -0.4 is 5.90 Å². The van der Waals surface area contributed by atoms with E-state index in [4.69, 9.17) is 10.6 Å². The van der Waals surface area contributed by atoms with Gasteiger partial charge in [-0.2, -0.15) is 0 Å². The van der Waals surface area contributed by atoms with E-state index >= 15 is 0 Å². The van der Waals surface area contributed by atoms with Gasteiger partial charge in [-0.1, -0.05) is 12.8 Å². The van der Waals surface area contributed by atoms with Crippen molar-refractivity contribution in [3.05, 3.63) is 0 Å². The molecule has 0 radical (unpaired) electrons. The summed E-state index contributed by atoms with van der Waals surface area (Å²) in [6.45, 7) is 0.557. The maximum atomic E-state index is 5.95. The molecule has 2 rings (SSSR count). The Morgan fingerprint density at radius 1 is 1.33 bits per heavy atom. The molecule has 2 aliphatic rings. The lowest BCUT2D eigenvalue weighted by Gasteiger charge is -2.23. The van der Waals surface area contributed by atoms with Gasteiger partial charge in [0, 0.05) is 0 Å². The van der Waals surface area contributed by atoms with Crippen molar-refractivity contribution in [1.82, 2.24) is 0 Å². The fourth-order valence-corrected chi connectivity index (χ4v) is 2.51. The van der Waals surface area contributed by atoms with Gasteiger partial charge in [0.25, 0.3) is 0 Å². The first-order valence-corrected chi connectivity index (χ1v) is 4.84. The molecule has 3 heteroatoms. The van der Waals surface area contributed by atoms with Crippen LogP contribution in [0.5, 0.6) is 0 Å². The molecule has 0 bridgehead atoms. The fraction of sp³-hybridized carbons (Fsp3) is 1.00. The molecule has 12 heavy (non-hydrogen) atoms. The summed E-state index contributed by atoms with van der Waals surface area (Å²) in [6.07, 6.45) is 7.74. The fourth-order valence-electron chi connectivity index (χ4n) is 2.51. The second-order valence-corrected chi connectivity index (χ2v) is 4.00. The molecular weight excluding hydrogens is 154 g/mol. The van der Waals surface area contributed by atoms with Crippen molar-refractivity contribution in [2.24, 2.45) is 5.90 Å². The quantitative estimate of drug-likeness (QED) is 0.638. The molecule has 1 aliphatic heterocycles. The van der Waals surface area contributed by atoms with Crippen LogP contribution in [0.25, 0.3) is 0 Å². The van der Waals surface area contributed by atoms with E-state index in [1.165, 1.54) is 32.1 Å². The smallest absolute Gasteiger partial charge is 0.0941 e. The predicted molar refractivity (Wildman–Crippen MR) is 45.4 cm³/mol. The van der Waals surface area contributed by atoms with E-state index in [1.807, 2.05) is 0 Å². The molecule has 1 heterocycles. The van der Waals surface area contributed by atoms with Gasteiger partial charge < -0.3 is 9.57 Å². The maximum Gasteiger partial charge on any atom is 0.0941 e. The Labute approximate surface area is 73.2 Å². The van der Waals surface area contributed by atoms with Crippen LogP contribution in [0.1, 0.15) is 38.5 Å². The highest BCUT2D eigenvalue weighted by Gasteiger charge is 2.41. The number of hydrogen-bond donors (Lipinski definition) is 1. The molecule has 1 saturated heterocycles. The zero-order chi connectivity index (χ0) is 8.44. The van der Waals surface area contributed by atoms with E-state index < -0.39 is 0 Å². The lowest BCUT2D eigenvalue weighted by Crippen LogP contribution is -2.27. The van der Waals surface area contributed by atoms with Crippen molar-refractivity contribution >= 4 is 0 Å². The van der Waals surface area contributed by atoms with Crippen molar-refractivity contribution in [3.8, 4) is 0 Å². The third-order valence-electron chi connectivity index (χ3n) is 3.14. The highest BCUT2D eigenvalue weighted by molar-refractivity contribution is 4.92. The van der Waals surface area contributed by atoms with Crippen molar-refractivity contribution in [2.45, 2.75) is 50.2 Å². The van der Waals surface area contributed by atoms with Crippen LogP contribution in [0.3, 0.4) is 0 Å². The Morgan fingerprint density at radius 3 is 2.75 bits per heavy atom. The Morgan fingerprint density at radius 2 is 2.08 bits per heavy atom. The van der Waals surface area contributed by atoms with Crippen LogP contribution >= 0.6 is 0 Å². The molecule has 0 aromatic carbocycles. The third-order valence-corrected chi connectivity index (χ3v) is 3.14. The molecule has 1 spiro atoms. The molecule has 2 fully saturated rings. The van der Waals surface area contributed by atoms with Crippen LogP contribution in [0.4, 0.5) is 0 Å². The summed E-state index contributed by atoms with van der Waals surface area (Å²) in [5.41, 5.74) is 0.225. The molecule has 0 aromatic heterocycles. The van der Waals surface area contributed by atoms with Crippen LogP contribution in [0.15, 0.2) is 0 Å². The zero-order valence-electron chi connectivity index (χ0n) is 7.42. The molecule has 3 nitrogen and oxygen atoms in total. The van der Waals surface area contributed by atoms with Gasteiger partial charge in [-0.25, -0.2) is 5.90 Å². The van der Waals surface area contributed by atoms with Crippen molar-refractivity contribution < 1.29 is 9.57 Å². The number of hydrogen-bond acceptors (Lipinski definition) is 3. The van der Waals surface area contributed by atoms with Gasteiger partial charge in [0.15, 0.2) is 0 Å². The second-order valence-electron chi connectivity index (χ2n) is 4.00. The SMILES string of the molecule is NOCC1CCC2(CCCC2)O1. The molecule has 70 valence electrons. The molecular formula is C9H17NO2. The van der Waals surface area contributed by atoms with Crippen molar-refractivity contribution in [2.75, 3.05) is 6.61 Å². The number of rotatable bonds is 2. The van der Waals surface area contributed by atoms with Gasteiger partial charge in [0.2, 0.25) is 0 Å². The van der Waals surface area contributed by atoms with Crippen molar-refractivity contribution in [3.63, 3.8) is 0 Å². The highest BCUT2D eigenvalue weighted by Crippen LogP contribution is 2.43. The summed E-state index contributed by atoms with van der Waals surface area (Å²) >= 11 is 0. The largest absolute Gasteiger partial charge is 0.369 e. The van der Waals surface area contributed by atoms with Crippen LogP contribution in [-0.4, -0.2) is 18.3 Å². The topological polar surface area (TPSA) is 44.5 Å². The first-order valence-electron chi connectivity index (χ1n) is 4.84. The molecule has 0 amide bonds. The van der Waals surface area contributed by atoms with E-state index in [9.17, 15) is 0 Å². The summed E-state index contributed by atoms with van der Waals surface area (Å²) < 4.78 is 5.95. The monoisotopic (exact) mass is 171 g/mol. The minimum Gasteiger partial charge on any atom is -0.369 e. The molecule has 1 aliphatic carbocycles. The standard InChI is InChI=1S/C9H17NO2/c10-11-7-8-3-6-9(12-8)4-1-2-5-9/h8H,1-7,10H2. The molecule has 1 unspecified atom stereocenters. The number of ether oxygens (including phenoxy) is 1. The lowest BCUT2D eigenvalue weighted by atomic mass is 9.98. The maximum absolute atomic E-state index is 5.95. The van der Waals surface area contributed by atoms with Crippen LogP contribution in [0, 0.1) is 0 Å². The average Bonchev–Trinajstić information content (AvgIpc) is 2.65. The van der Waals surface area contributed by atoms with E-state index in [-0.39, 0.29) is 11.7 Å². The van der Waals surface area contributed by atoms with E-state index in [0.29, 0.717) is 6.61 Å². The minimum atomic E-state index is 0.225. The van der Waals surface area contributed by atoms with Crippen LogP contribution in [0.2, 0.25) is 0 Å². The first kappa shape index (κ1) is 8.48.